The second-order valence-corrected chi connectivity index (χ2v) is 8.20. The molecule has 1 aliphatic heterocycles. The van der Waals surface area contributed by atoms with E-state index in [1.54, 1.807) is 18.3 Å². The molecule has 1 unspecified atom stereocenters. The Balaban J connectivity index is 0.00000210. The van der Waals surface area contributed by atoms with Gasteiger partial charge in [0.25, 0.3) is 0 Å². The molecule has 0 bridgehead atoms. The maximum absolute atomic E-state index is 12.0. The van der Waals surface area contributed by atoms with Crippen molar-refractivity contribution >= 4 is 46.4 Å². The third-order valence-corrected chi connectivity index (χ3v) is 6.21. The number of aromatic nitrogens is 1. The minimum absolute atomic E-state index is 0. The summed E-state index contributed by atoms with van der Waals surface area (Å²) >= 11 is 8.00. The molecule has 146 valence electrons. The minimum atomic E-state index is 0. The van der Waals surface area contributed by atoms with E-state index in [0.29, 0.717) is 6.04 Å². The van der Waals surface area contributed by atoms with E-state index in [2.05, 4.69) is 21.7 Å². The molecule has 2 heterocycles. The van der Waals surface area contributed by atoms with Crippen molar-refractivity contribution < 1.29 is 4.79 Å². The molecule has 1 aromatic heterocycles. The van der Waals surface area contributed by atoms with Crippen LogP contribution in [0.1, 0.15) is 37.1 Å². The number of carbonyl (C=O) groups excluding carboxylic acids is 1. The van der Waals surface area contributed by atoms with Gasteiger partial charge in [-0.3, -0.25) is 14.6 Å². The predicted molar refractivity (Wildman–Crippen MR) is 113 cm³/mol. The number of nitrogens with one attached hydrogen (secondary N) is 1. The Bertz CT molecular complexity index is 796. The molecule has 27 heavy (non-hydrogen) atoms. The van der Waals surface area contributed by atoms with Crippen molar-refractivity contribution in [2.45, 2.75) is 38.4 Å². The highest BCUT2D eigenvalue weighted by Gasteiger charge is 2.34. The molecule has 1 aromatic carbocycles. The summed E-state index contributed by atoms with van der Waals surface area (Å²) in [6.07, 6.45) is 2.17. The predicted octanol–water partition coefficient (Wildman–Crippen LogP) is 3.88. The van der Waals surface area contributed by atoms with Gasteiger partial charge in [-0.25, -0.2) is 4.98 Å². The van der Waals surface area contributed by atoms with Crippen LogP contribution in [-0.4, -0.2) is 41.5 Å². The van der Waals surface area contributed by atoms with Gasteiger partial charge in [0.1, 0.15) is 0 Å². The number of anilines is 1. The smallest absolute Gasteiger partial charge is 0.225 e. The largest absolute Gasteiger partial charge is 0.314 e. The quantitative estimate of drug-likeness (QED) is 0.787. The van der Waals surface area contributed by atoms with Crippen molar-refractivity contribution in [3.63, 3.8) is 0 Å². The summed E-state index contributed by atoms with van der Waals surface area (Å²) in [5.74, 6) is 0.0875. The fraction of sp³-hybridized carbons (Fsp3) is 0.474. The Hall–Kier alpha value is -1.18. The lowest BCUT2D eigenvalue weighted by Crippen LogP contribution is -2.45. The van der Waals surface area contributed by atoms with E-state index in [9.17, 15) is 4.79 Å². The third kappa shape index (κ3) is 4.63. The number of hydrogen-bond acceptors (Lipinski definition) is 5. The van der Waals surface area contributed by atoms with Crippen LogP contribution in [0.25, 0.3) is 0 Å². The zero-order valence-corrected chi connectivity index (χ0v) is 17.6. The fourth-order valence-corrected chi connectivity index (χ4v) is 4.75. The molecule has 2 fully saturated rings. The Morgan fingerprint density at radius 2 is 2.19 bits per heavy atom. The molecule has 5 nitrogen and oxygen atoms in total. The number of hydrogen-bond donors (Lipinski definition) is 1. The van der Waals surface area contributed by atoms with Crippen LogP contribution < -0.4 is 10.2 Å². The van der Waals surface area contributed by atoms with Gasteiger partial charge in [-0.1, -0.05) is 29.8 Å². The number of thiazole rings is 1. The third-order valence-electron chi connectivity index (χ3n) is 4.98. The Kier molecular flexibility index (Phi) is 6.76. The van der Waals surface area contributed by atoms with E-state index >= 15 is 0 Å². The number of carbonyl (C=O) groups is 1. The fourth-order valence-electron chi connectivity index (χ4n) is 3.56. The summed E-state index contributed by atoms with van der Waals surface area (Å²) in [6, 6.07) is 8.63. The molecular formula is C19H24Cl2N4OS. The van der Waals surface area contributed by atoms with Crippen LogP contribution in [-0.2, 0) is 11.3 Å². The summed E-state index contributed by atoms with van der Waals surface area (Å²) in [5.41, 5.74) is 2.18. The lowest BCUT2D eigenvalue weighted by atomic mass is 10.0. The second-order valence-electron chi connectivity index (χ2n) is 6.95. The number of nitrogens with zero attached hydrogens (tertiary/aromatic N) is 3. The summed E-state index contributed by atoms with van der Waals surface area (Å²) in [6.45, 7) is 5.18. The molecule has 0 spiro atoms. The number of benzene rings is 1. The van der Waals surface area contributed by atoms with Crippen LogP contribution in [0.4, 0.5) is 5.13 Å². The van der Waals surface area contributed by atoms with Crippen LogP contribution in [0.15, 0.2) is 29.6 Å². The van der Waals surface area contributed by atoms with E-state index in [-0.39, 0.29) is 24.4 Å². The first-order valence-corrected chi connectivity index (χ1v) is 10.3. The van der Waals surface area contributed by atoms with E-state index in [0.717, 1.165) is 60.4 Å². The van der Waals surface area contributed by atoms with Gasteiger partial charge in [-0.15, -0.1) is 23.7 Å². The summed E-state index contributed by atoms with van der Waals surface area (Å²) in [4.78, 5) is 21.0. The number of piperazine rings is 1. The van der Waals surface area contributed by atoms with Gasteiger partial charge in [-0.05, 0) is 24.5 Å². The molecule has 2 aromatic rings. The summed E-state index contributed by atoms with van der Waals surface area (Å²) < 4.78 is 0. The molecule has 1 aliphatic carbocycles. The number of rotatable bonds is 5. The highest BCUT2D eigenvalue weighted by Crippen LogP contribution is 2.35. The van der Waals surface area contributed by atoms with Gasteiger partial charge in [-0.2, -0.15) is 0 Å². The van der Waals surface area contributed by atoms with E-state index in [1.807, 2.05) is 23.1 Å². The normalized spacial score (nSPS) is 20.1. The van der Waals surface area contributed by atoms with Crippen molar-refractivity contribution in [2.75, 3.05) is 24.5 Å². The molecule has 4 rings (SSSR count). The first-order valence-electron chi connectivity index (χ1n) is 9.07. The molecule has 1 N–H and O–H groups in total. The van der Waals surface area contributed by atoms with Gasteiger partial charge >= 0.3 is 0 Å². The average molecular weight is 427 g/mol. The van der Waals surface area contributed by atoms with Crippen molar-refractivity contribution in [2.24, 2.45) is 0 Å². The molecule has 2 aliphatic rings. The minimum Gasteiger partial charge on any atom is -0.314 e. The summed E-state index contributed by atoms with van der Waals surface area (Å²) in [5, 5.41) is 7.19. The maximum Gasteiger partial charge on any atom is 0.225 e. The van der Waals surface area contributed by atoms with Crippen LogP contribution >= 0.6 is 35.3 Å². The zero-order chi connectivity index (χ0) is 18.1. The van der Waals surface area contributed by atoms with E-state index < -0.39 is 0 Å². The van der Waals surface area contributed by atoms with Gasteiger partial charge in [0, 0.05) is 55.6 Å². The molecule has 1 saturated heterocycles. The van der Waals surface area contributed by atoms with Crippen LogP contribution in [0.5, 0.6) is 0 Å². The van der Waals surface area contributed by atoms with E-state index in [1.165, 1.54) is 0 Å². The summed E-state index contributed by atoms with van der Waals surface area (Å²) in [7, 11) is 0. The monoisotopic (exact) mass is 426 g/mol. The van der Waals surface area contributed by atoms with Crippen LogP contribution in [0.3, 0.4) is 0 Å². The highest BCUT2D eigenvalue weighted by atomic mass is 35.5. The standard InChI is InChI=1S/C19H23ClN4OS.ClH/c1-13(25)24(15-6-7-15)19-22-14(12-26-19)11-23-9-8-21-10-18(23)16-4-2-3-5-17(16)20;/h2-5,12,15,18,21H,6-11H2,1H3;1H. The lowest BCUT2D eigenvalue weighted by Gasteiger charge is -2.36. The average Bonchev–Trinajstić information content (AvgIpc) is 3.35. The van der Waals surface area contributed by atoms with Crippen LogP contribution in [0, 0.1) is 0 Å². The molecule has 1 saturated carbocycles. The number of halogens is 2. The molecule has 0 radical (unpaired) electrons. The van der Waals surface area contributed by atoms with Gasteiger partial charge in [0.05, 0.1) is 5.69 Å². The SMILES string of the molecule is CC(=O)N(c1nc(CN2CCNCC2c2ccccc2Cl)cs1)C1CC1.Cl. The Morgan fingerprint density at radius 1 is 1.41 bits per heavy atom. The van der Waals surface area contributed by atoms with Crippen molar-refractivity contribution in [1.82, 2.24) is 15.2 Å². The molecular weight excluding hydrogens is 403 g/mol. The van der Waals surface area contributed by atoms with Gasteiger partial charge in [0.2, 0.25) is 5.91 Å². The molecule has 1 atom stereocenters. The van der Waals surface area contributed by atoms with Crippen molar-refractivity contribution in [1.29, 1.82) is 0 Å². The van der Waals surface area contributed by atoms with Crippen LogP contribution in [0.2, 0.25) is 5.02 Å². The highest BCUT2D eigenvalue weighted by molar-refractivity contribution is 7.14. The molecule has 8 heteroatoms. The topological polar surface area (TPSA) is 48.5 Å². The first kappa shape index (κ1) is 20.6. The van der Waals surface area contributed by atoms with Crippen molar-refractivity contribution in [3.05, 3.63) is 45.9 Å². The van der Waals surface area contributed by atoms with Gasteiger partial charge in [0.15, 0.2) is 5.13 Å². The van der Waals surface area contributed by atoms with Crippen molar-refractivity contribution in [3.8, 4) is 0 Å². The Labute approximate surface area is 175 Å². The lowest BCUT2D eigenvalue weighted by molar-refractivity contribution is -0.116. The maximum atomic E-state index is 12.0. The Morgan fingerprint density at radius 3 is 2.89 bits per heavy atom. The second kappa shape index (κ2) is 8.88. The first-order chi connectivity index (χ1) is 12.6. The number of amides is 1. The zero-order valence-electron chi connectivity index (χ0n) is 15.2. The van der Waals surface area contributed by atoms with E-state index in [4.69, 9.17) is 16.6 Å². The molecule has 1 amide bonds. The van der Waals surface area contributed by atoms with Gasteiger partial charge < -0.3 is 5.32 Å².